The summed E-state index contributed by atoms with van der Waals surface area (Å²) in [4.78, 5) is 27.6. The summed E-state index contributed by atoms with van der Waals surface area (Å²) in [6.45, 7) is 3.74. The number of halogens is 1. The molecule has 21 heavy (non-hydrogen) atoms. The van der Waals surface area contributed by atoms with Crippen LogP contribution in [0.15, 0.2) is 24.3 Å². The zero-order chi connectivity index (χ0) is 15.0. The Balaban J connectivity index is 1.75. The fraction of sp³-hybridized carbons (Fsp3) is 0.500. The molecule has 1 saturated carbocycles. The van der Waals surface area contributed by atoms with Crippen molar-refractivity contribution in [1.82, 2.24) is 9.80 Å². The number of hydrogen-bond donors (Lipinski definition) is 0. The van der Waals surface area contributed by atoms with Crippen LogP contribution in [0.3, 0.4) is 0 Å². The van der Waals surface area contributed by atoms with Gasteiger partial charge in [-0.1, -0.05) is 18.2 Å². The molecule has 3 rings (SSSR count). The lowest BCUT2D eigenvalue weighted by atomic mass is 9.93. The van der Waals surface area contributed by atoms with Crippen molar-refractivity contribution in [2.75, 3.05) is 26.2 Å². The van der Waals surface area contributed by atoms with Crippen LogP contribution in [0, 0.1) is 5.82 Å². The second kappa shape index (κ2) is 5.13. The van der Waals surface area contributed by atoms with Crippen LogP contribution in [-0.2, 0) is 15.0 Å². The first-order chi connectivity index (χ1) is 10.0. The average molecular weight is 290 g/mol. The van der Waals surface area contributed by atoms with E-state index in [-0.39, 0.29) is 17.6 Å². The molecule has 1 aliphatic heterocycles. The second-order valence-corrected chi connectivity index (χ2v) is 5.86. The number of nitrogens with zero attached hydrogens (tertiary/aromatic N) is 2. The van der Waals surface area contributed by atoms with Crippen molar-refractivity contribution in [3.63, 3.8) is 0 Å². The highest BCUT2D eigenvalue weighted by Gasteiger charge is 2.54. The monoisotopic (exact) mass is 290 g/mol. The van der Waals surface area contributed by atoms with Crippen molar-refractivity contribution in [3.8, 4) is 0 Å². The Bertz CT molecular complexity index is 575. The van der Waals surface area contributed by atoms with Crippen LogP contribution in [0.4, 0.5) is 4.39 Å². The highest BCUT2D eigenvalue weighted by atomic mass is 19.1. The smallest absolute Gasteiger partial charge is 0.233 e. The third-order valence-corrected chi connectivity index (χ3v) is 4.56. The van der Waals surface area contributed by atoms with Gasteiger partial charge in [0.25, 0.3) is 0 Å². The minimum Gasteiger partial charge on any atom is -0.339 e. The van der Waals surface area contributed by atoms with E-state index in [1.165, 1.54) is 6.07 Å². The van der Waals surface area contributed by atoms with Crippen molar-refractivity contribution < 1.29 is 14.0 Å². The van der Waals surface area contributed by atoms with Gasteiger partial charge in [-0.3, -0.25) is 9.59 Å². The van der Waals surface area contributed by atoms with E-state index >= 15 is 0 Å². The van der Waals surface area contributed by atoms with Crippen molar-refractivity contribution in [3.05, 3.63) is 35.6 Å². The topological polar surface area (TPSA) is 40.6 Å². The molecule has 0 unspecified atom stereocenters. The quantitative estimate of drug-likeness (QED) is 0.829. The highest BCUT2D eigenvalue weighted by molar-refractivity contribution is 5.91. The summed E-state index contributed by atoms with van der Waals surface area (Å²) < 4.78 is 14.0. The van der Waals surface area contributed by atoms with Gasteiger partial charge < -0.3 is 9.80 Å². The van der Waals surface area contributed by atoms with Crippen LogP contribution in [0.2, 0.25) is 0 Å². The number of amides is 2. The lowest BCUT2D eigenvalue weighted by Gasteiger charge is -2.36. The van der Waals surface area contributed by atoms with Crippen molar-refractivity contribution >= 4 is 11.8 Å². The number of benzene rings is 1. The lowest BCUT2D eigenvalue weighted by molar-refractivity contribution is -0.140. The first-order valence-electron chi connectivity index (χ1n) is 7.34. The van der Waals surface area contributed by atoms with Gasteiger partial charge in [0.15, 0.2) is 0 Å². The Kier molecular flexibility index (Phi) is 3.43. The van der Waals surface area contributed by atoms with Crippen LogP contribution in [0.25, 0.3) is 0 Å². The third-order valence-electron chi connectivity index (χ3n) is 4.56. The van der Waals surface area contributed by atoms with Gasteiger partial charge in [-0.25, -0.2) is 4.39 Å². The minimum atomic E-state index is -0.663. The number of carbonyl (C=O) groups is 2. The molecule has 1 aromatic rings. The van der Waals surface area contributed by atoms with Crippen LogP contribution in [0.5, 0.6) is 0 Å². The summed E-state index contributed by atoms with van der Waals surface area (Å²) >= 11 is 0. The maximum absolute atomic E-state index is 14.0. The molecule has 0 N–H and O–H groups in total. The fourth-order valence-electron chi connectivity index (χ4n) is 3.10. The first kappa shape index (κ1) is 14.0. The summed E-state index contributed by atoms with van der Waals surface area (Å²) in [6, 6.07) is 6.55. The fourth-order valence-corrected chi connectivity index (χ4v) is 3.10. The molecule has 0 atom stereocenters. The Morgan fingerprint density at radius 3 is 2.14 bits per heavy atom. The van der Waals surface area contributed by atoms with Crippen molar-refractivity contribution in [1.29, 1.82) is 0 Å². The molecule has 1 heterocycles. The van der Waals surface area contributed by atoms with E-state index in [1.807, 2.05) is 0 Å². The molecule has 5 heteroatoms. The van der Waals surface area contributed by atoms with Crippen molar-refractivity contribution in [2.24, 2.45) is 0 Å². The number of carbonyl (C=O) groups excluding carboxylic acids is 2. The van der Waals surface area contributed by atoms with E-state index in [2.05, 4.69) is 0 Å². The van der Waals surface area contributed by atoms with E-state index in [1.54, 1.807) is 34.9 Å². The first-order valence-corrected chi connectivity index (χ1v) is 7.34. The van der Waals surface area contributed by atoms with Crippen LogP contribution in [0.1, 0.15) is 25.3 Å². The molecule has 2 aliphatic rings. The number of rotatable bonds is 2. The van der Waals surface area contributed by atoms with E-state index in [0.29, 0.717) is 44.6 Å². The zero-order valence-electron chi connectivity index (χ0n) is 12.1. The van der Waals surface area contributed by atoms with Gasteiger partial charge in [-0.2, -0.15) is 0 Å². The largest absolute Gasteiger partial charge is 0.339 e. The second-order valence-electron chi connectivity index (χ2n) is 5.86. The van der Waals surface area contributed by atoms with Crippen LogP contribution >= 0.6 is 0 Å². The van der Waals surface area contributed by atoms with Gasteiger partial charge in [-0.05, 0) is 18.9 Å². The Morgan fingerprint density at radius 1 is 1.05 bits per heavy atom. The Hall–Kier alpha value is -1.91. The summed E-state index contributed by atoms with van der Waals surface area (Å²) in [7, 11) is 0. The molecule has 4 nitrogen and oxygen atoms in total. The van der Waals surface area contributed by atoms with Crippen molar-refractivity contribution in [2.45, 2.75) is 25.2 Å². The number of hydrogen-bond acceptors (Lipinski definition) is 2. The number of piperazine rings is 1. The third kappa shape index (κ3) is 2.41. The molecular weight excluding hydrogens is 271 g/mol. The zero-order valence-corrected chi connectivity index (χ0v) is 12.1. The summed E-state index contributed by atoms with van der Waals surface area (Å²) in [5.41, 5.74) is -0.145. The highest BCUT2D eigenvalue weighted by Crippen LogP contribution is 2.50. The summed E-state index contributed by atoms with van der Waals surface area (Å²) in [5.74, 6) is -0.251. The lowest BCUT2D eigenvalue weighted by Crippen LogP contribution is -2.52. The molecule has 0 bridgehead atoms. The minimum absolute atomic E-state index is 0.0100. The normalized spacial score (nSPS) is 20.3. The average Bonchev–Trinajstić information content (AvgIpc) is 3.28. The van der Waals surface area contributed by atoms with Gasteiger partial charge in [0.05, 0.1) is 5.41 Å². The molecule has 1 aromatic carbocycles. The van der Waals surface area contributed by atoms with E-state index in [9.17, 15) is 14.0 Å². The molecule has 112 valence electrons. The SMILES string of the molecule is CC(=O)N1CCN(C(=O)C2(c3ccccc3F)CC2)CC1. The summed E-state index contributed by atoms with van der Waals surface area (Å²) in [6.07, 6.45) is 1.42. The maximum atomic E-state index is 14.0. The van der Waals surface area contributed by atoms with E-state index in [4.69, 9.17) is 0 Å². The molecule has 0 spiro atoms. The van der Waals surface area contributed by atoms with E-state index < -0.39 is 5.41 Å². The molecule has 0 radical (unpaired) electrons. The van der Waals surface area contributed by atoms with Crippen LogP contribution in [-0.4, -0.2) is 47.8 Å². The Morgan fingerprint density at radius 2 is 1.62 bits per heavy atom. The molecule has 1 aliphatic carbocycles. The van der Waals surface area contributed by atoms with Gasteiger partial charge in [0.2, 0.25) is 11.8 Å². The maximum Gasteiger partial charge on any atom is 0.233 e. The molecular formula is C16H19FN2O2. The van der Waals surface area contributed by atoms with Gasteiger partial charge in [0.1, 0.15) is 5.82 Å². The van der Waals surface area contributed by atoms with Crippen LogP contribution < -0.4 is 0 Å². The van der Waals surface area contributed by atoms with Gasteiger partial charge in [0, 0.05) is 38.7 Å². The Labute approximate surface area is 123 Å². The molecule has 2 fully saturated rings. The predicted octanol–water partition coefficient (Wildman–Crippen LogP) is 1.55. The van der Waals surface area contributed by atoms with E-state index in [0.717, 1.165) is 0 Å². The standard InChI is InChI=1S/C16H19FN2O2/c1-12(20)18-8-10-19(11-9-18)15(21)16(6-7-16)13-4-2-3-5-14(13)17/h2-5H,6-11H2,1H3. The molecule has 0 aromatic heterocycles. The predicted molar refractivity (Wildman–Crippen MR) is 76.1 cm³/mol. The summed E-state index contributed by atoms with van der Waals surface area (Å²) in [5, 5.41) is 0. The molecule has 1 saturated heterocycles. The van der Waals surface area contributed by atoms with Gasteiger partial charge >= 0.3 is 0 Å². The van der Waals surface area contributed by atoms with Gasteiger partial charge in [-0.15, -0.1) is 0 Å². The molecule has 2 amide bonds.